The molecule has 2 atom stereocenters. The second-order valence-corrected chi connectivity index (χ2v) is 6.01. The summed E-state index contributed by atoms with van der Waals surface area (Å²) in [6.07, 6.45) is 0.419. The van der Waals surface area contributed by atoms with E-state index >= 15 is 0 Å². The Morgan fingerprint density at radius 3 is 2.52 bits per heavy atom. The highest BCUT2D eigenvalue weighted by Gasteiger charge is 2.24. The number of hydrogen-bond acceptors (Lipinski definition) is 2. The van der Waals surface area contributed by atoms with E-state index in [2.05, 4.69) is 66.5 Å². The molecule has 0 radical (unpaired) electrons. The van der Waals surface area contributed by atoms with Crippen LogP contribution in [0.2, 0.25) is 0 Å². The van der Waals surface area contributed by atoms with E-state index in [4.69, 9.17) is 17.0 Å². The SMILES string of the molecule is C[C@H]1CN(C(=S)Nc2cccc3ccccc23)C[C@H](C)O1. The van der Waals surface area contributed by atoms with Crippen molar-refractivity contribution in [3.05, 3.63) is 42.5 Å². The zero-order valence-corrected chi connectivity index (χ0v) is 13.2. The summed E-state index contributed by atoms with van der Waals surface area (Å²) in [4.78, 5) is 2.19. The van der Waals surface area contributed by atoms with Crippen LogP contribution in [0.25, 0.3) is 10.8 Å². The van der Waals surface area contributed by atoms with E-state index in [1.807, 2.05) is 0 Å². The van der Waals surface area contributed by atoms with Crippen molar-refractivity contribution >= 4 is 33.8 Å². The van der Waals surface area contributed by atoms with Gasteiger partial charge < -0.3 is 15.0 Å². The van der Waals surface area contributed by atoms with E-state index in [0.717, 1.165) is 23.9 Å². The van der Waals surface area contributed by atoms with Gasteiger partial charge >= 0.3 is 0 Å². The first-order valence-electron chi connectivity index (χ1n) is 7.32. The molecule has 1 aliphatic rings. The van der Waals surface area contributed by atoms with E-state index in [1.54, 1.807) is 0 Å². The molecule has 2 aromatic carbocycles. The van der Waals surface area contributed by atoms with Gasteiger partial charge in [-0.2, -0.15) is 0 Å². The Hall–Kier alpha value is -1.65. The van der Waals surface area contributed by atoms with E-state index in [9.17, 15) is 0 Å². The van der Waals surface area contributed by atoms with Crippen molar-refractivity contribution in [3.8, 4) is 0 Å². The number of morpholine rings is 1. The molecule has 3 nitrogen and oxygen atoms in total. The van der Waals surface area contributed by atoms with Gasteiger partial charge in [0.05, 0.1) is 12.2 Å². The Morgan fingerprint density at radius 1 is 1.10 bits per heavy atom. The van der Waals surface area contributed by atoms with Crippen LogP contribution in [0.5, 0.6) is 0 Å². The van der Waals surface area contributed by atoms with Crippen LogP contribution in [0.3, 0.4) is 0 Å². The molecule has 0 spiro atoms. The van der Waals surface area contributed by atoms with Gasteiger partial charge in [0.25, 0.3) is 0 Å². The highest BCUT2D eigenvalue weighted by Crippen LogP contribution is 2.23. The van der Waals surface area contributed by atoms with Gasteiger partial charge in [0.15, 0.2) is 5.11 Å². The molecule has 1 saturated heterocycles. The zero-order chi connectivity index (χ0) is 14.8. The Kier molecular flexibility index (Phi) is 4.08. The first-order valence-corrected chi connectivity index (χ1v) is 7.73. The van der Waals surface area contributed by atoms with Gasteiger partial charge in [-0.25, -0.2) is 0 Å². The van der Waals surface area contributed by atoms with Gasteiger partial charge in [0.2, 0.25) is 0 Å². The molecule has 110 valence electrons. The number of nitrogens with one attached hydrogen (secondary N) is 1. The summed E-state index contributed by atoms with van der Waals surface area (Å²) in [7, 11) is 0. The Labute approximate surface area is 130 Å². The average molecular weight is 300 g/mol. The molecule has 0 aromatic heterocycles. The third kappa shape index (κ3) is 3.17. The molecule has 0 amide bonds. The number of anilines is 1. The summed E-state index contributed by atoms with van der Waals surface area (Å²) in [5.74, 6) is 0. The summed E-state index contributed by atoms with van der Waals surface area (Å²) in [6.45, 7) is 5.84. The van der Waals surface area contributed by atoms with Crippen LogP contribution in [-0.4, -0.2) is 35.3 Å². The molecule has 1 aliphatic heterocycles. The second kappa shape index (κ2) is 6.00. The molecular weight excluding hydrogens is 280 g/mol. The molecule has 1 heterocycles. The zero-order valence-electron chi connectivity index (χ0n) is 12.4. The lowest BCUT2D eigenvalue weighted by molar-refractivity contribution is -0.0473. The van der Waals surface area contributed by atoms with Crippen molar-refractivity contribution in [3.63, 3.8) is 0 Å². The summed E-state index contributed by atoms with van der Waals surface area (Å²) >= 11 is 5.58. The number of thiocarbonyl (C=S) groups is 1. The smallest absolute Gasteiger partial charge is 0.173 e. The monoisotopic (exact) mass is 300 g/mol. The standard InChI is InChI=1S/C17H20N2OS/c1-12-10-19(11-13(2)20-12)17(21)18-16-9-5-7-14-6-3-4-8-15(14)16/h3-9,12-13H,10-11H2,1-2H3,(H,18,21)/t12-,13-/m0/s1. The van der Waals surface area contributed by atoms with Crippen LogP contribution >= 0.6 is 12.2 Å². The number of benzene rings is 2. The predicted octanol–water partition coefficient (Wildman–Crippen LogP) is 3.65. The molecule has 0 unspecified atom stereocenters. The summed E-state index contributed by atoms with van der Waals surface area (Å²) in [6, 6.07) is 14.6. The Bertz CT molecular complexity index is 643. The summed E-state index contributed by atoms with van der Waals surface area (Å²) in [5.41, 5.74) is 1.06. The highest BCUT2D eigenvalue weighted by atomic mass is 32.1. The van der Waals surface area contributed by atoms with Gasteiger partial charge in [-0.1, -0.05) is 36.4 Å². The predicted molar refractivity (Wildman–Crippen MR) is 91.8 cm³/mol. The van der Waals surface area contributed by atoms with Crippen molar-refractivity contribution in [1.29, 1.82) is 0 Å². The quantitative estimate of drug-likeness (QED) is 0.813. The van der Waals surface area contributed by atoms with E-state index < -0.39 is 0 Å². The van der Waals surface area contributed by atoms with Crippen LogP contribution in [0.15, 0.2) is 42.5 Å². The fourth-order valence-electron chi connectivity index (χ4n) is 2.87. The molecule has 0 aliphatic carbocycles. The van der Waals surface area contributed by atoms with Gasteiger partial charge in [-0.05, 0) is 37.5 Å². The number of ether oxygens (including phenoxy) is 1. The molecule has 0 bridgehead atoms. The number of fused-ring (bicyclic) bond motifs is 1. The topological polar surface area (TPSA) is 24.5 Å². The minimum absolute atomic E-state index is 0.209. The normalized spacial score (nSPS) is 22.3. The molecule has 0 saturated carbocycles. The lowest BCUT2D eigenvalue weighted by atomic mass is 10.1. The van der Waals surface area contributed by atoms with Crippen molar-refractivity contribution in [2.24, 2.45) is 0 Å². The third-order valence-corrected chi connectivity index (χ3v) is 4.10. The fraction of sp³-hybridized carbons (Fsp3) is 0.353. The van der Waals surface area contributed by atoms with E-state index in [0.29, 0.717) is 0 Å². The molecule has 4 heteroatoms. The molecule has 2 aromatic rings. The largest absolute Gasteiger partial charge is 0.372 e. The van der Waals surface area contributed by atoms with Gasteiger partial charge in [-0.15, -0.1) is 0 Å². The maximum absolute atomic E-state index is 5.76. The minimum atomic E-state index is 0.209. The second-order valence-electron chi connectivity index (χ2n) is 5.62. The van der Waals surface area contributed by atoms with Crippen LogP contribution in [0.1, 0.15) is 13.8 Å². The third-order valence-electron chi connectivity index (χ3n) is 3.74. The van der Waals surface area contributed by atoms with Crippen LogP contribution in [0, 0.1) is 0 Å². The van der Waals surface area contributed by atoms with Gasteiger partial charge in [0.1, 0.15) is 0 Å². The Morgan fingerprint density at radius 2 is 1.76 bits per heavy atom. The van der Waals surface area contributed by atoms with Crippen molar-refractivity contribution < 1.29 is 4.74 Å². The number of nitrogens with zero attached hydrogens (tertiary/aromatic N) is 1. The summed E-state index contributed by atoms with van der Waals surface area (Å²) in [5, 5.41) is 6.58. The average Bonchev–Trinajstić information content (AvgIpc) is 2.46. The lowest BCUT2D eigenvalue weighted by Crippen LogP contribution is -2.49. The van der Waals surface area contributed by atoms with Crippen LogP contribution < -0.4 is 5.32 Å². The fourth-order valence-corrected chi connectivity index (χ4v) is 3.13. The Balaban J connectivity index is 1.80. The van der Waals surface area contributed by atoms with Gasteiger partial charge in [-0.3, -0.25) is 0 Å². The maximum Gasteiger partial charge on any atom is 0.173 e. The summed E-state index contributed by atoms with van der Waals surface area (Å²) < 4.78 is 5.76. The molecule has 3 rings (SSSR count). The highest BCUT2D eigenvalue weighted by molar-refractivity contribution is 7.80. The maximum atomic E-state index is 5.76. The molecule has 21 heavy (non-hydrogen) atoms. The van der Waals surface area contributed by atoms with E-state index in [-0.39, 0.29) is 12.2 Å². The lowest BCUT2D eigenvalue weighted by Gasteiger charge is -2.37. The van der Waals surface area contributed by atoms with Gasteiger partial charge in [0, 0.05) is 24.2 Å². The van der Waals surface area contributed by atoms with Crippen molar-refractivity contribution in [2.45, 2.75) is 26.1 Å². The first-order chi connectivity index (χ1) is 10.1. The van der Waals surface area contributed by atoms with E-state index in [1.165, 1.54) is 10.8 Å². The molecular formula is C17H20N2OS. The molecule has 1 fully saturated rings. The molecule has 1 N–H and O–H groups in total. The van der Waals surface area contributed by atoms with Crippen LogP contribution in [-0.2, 0) is 4.74 Å². The first kappa shape index (κ1) is 14.3. The number of hydrogen-bond donors (Lipinski definition) is 1. The van der Waals surface area contributed by atoms with Crippen LogP contribution in [0.4, 0.5) is 5.69 Å². The minimum Gasteiger partial charge on any atom is -0.372 e. The van der Waals surface area contributed by atoms with Crippen molar-refractivity contribution in [2.75, 3.05) is 18.4 Å². The van der Waals surface area contributed by atoms with Crippen molar-refractivity contribution in [1.82, 2.24) is 4.90 Å². The number of rotatable bonds is 1.